The van der Waals surface area contributed by atoms with Gasteiger partial charge in [0, 0.05) is 17.6 Å². The van der Waals surface area contributed by atoms with E-state index >= 15 is 0 Å². The zero-order chi connectivity index (χ0) is 14.5. The molecule has 0 spiro atoms. The van der Waals surface area contributed by atoms with Crippen LogP contribution >= 0.6 is 11.6 Å². The Hall–Kier alpha value is -0.570. The Bertz CT molecular complexity index is 425. The van der Waals surface area contributed by atoms with Crippen LogP contribution in [0.1, 0.15) is 49.8 Å². The average Bonchev–Trinajstić information content (AvgIpc) is 2.46. The molecule has 2 rings (SSSR count). The molecule has 0 aliphatic carbocycles. The third kappa shape index (κ3) is 3.75. The highest BCUT2D eigenvalue weighted by Crippen LogP contribution is 2.30. The minimum atomic E-state index is 0.315. The monoisotopic (exact) mass is 294 g/mol. The van der Waals surface area contributed by atoms with Gasteiger partial charge in [0.2, 0.25) is 0 Å². The van der Waals surface area contributed by atoms with Gasteiger partial charge in [-0.15, -0.1) is 0 Å². The fourth-order valence-electron chi connectivity index (χ4n) is 3.27. The summed E-state index contributed by atoms with van der Waals surface area (Å²) in [5.74, 6) is 0.913. The van der Waals surface area contributed by atoms with Crippen LogP contribution < -0.4 is 5.73 Å². The Balaban J connectivity index is 2.03. The molecule has 0 aromatic heterocycles. The molecule has 1 unspecified atom stereocenters. The number of halogens is 1. The predicted molar refractivity (Wildman–Crippen MR) is 87.2 cm³/mol. The van der Waals surface area contributed by atoms with Gasteiger partial charge >= 0.3 is 0 Å². The SMILES string of the molecule is CCCC1CCN(C(CN)c2ccc(C)c(Cl)c2)CC1. The summed E-state index contributed by atoms with van der Waals surface area (Å²) in [6.45, 7) is 7.32. The molecule has 0 radical (unpaired) electrons. The molecule has 1 saturated heterocycles. The highest BCUT2D eigenvalue weighted by Gasteiger charge is 2.25. The van der Waals surface area contributed by atoms with E-state index in [9.17, 15) is 0 Å². The van der Waals surface area contributed by atoms with E-state index in [0.29, 0.717) is 12.6 Å². The van der Waals surface area contributed by atoms with Gasteiger partial charge in [-0.1, -0.05) is 43.5 Å². The molecule has 20 heavy (non-hydrogen) atoms. The maximum atomic E-state index is 6.26. The Kier molecular flexibility index (Phi) is 5.88. The molecule has 0 bridgehead atoms. The van der Waals surface area contributed by atoms with Gasteiger partial charge in [-0.3, -0.25) is 4.90 Å². The third-order valence-electron chi connectivity index (χ3n) is 4.59. The van der Waals surface area contributed by atoms with Crippen molar-refractivity contribution in [3.8, 4) is 0 Å². The highest BCUT2D eigenvalue weighted by atomic mass is 35.5. The largest absolute Gasteiger partial charge is 0.329 e. The topological polar surface area (TPSA) is 29.3 Å². The summed E-state index contributed by atoms with van der Waals surface area (Å²) in [5.41, 5.74) is 8.43. The number of benzene rings is 1. The molecule has 1 aliphatic rings. The lowest BCUT2D eigenvalue weighted by atomic mass is 9.91. The molecule has 0 saturated carbocycles. The van der Waals surface area contributed by atoms with Gasteiger partial charge in [-0.05, 0) is 56.0 Å². The summed E-state index contributed by atoms with van der Waals surface area (Å²) in [6.07, 6.45) is 5.30. The predicted octanol–water partition coefficient (Wildman–Crippen LogP) is 4.16. The molecule has 3 heteroatoms. The minimum Gasteiger partial charge on any atom is -0.329 e. The van der Waals surface area contributed by atoms with Crippen LogP contribution in [0, 0.1) is 12.8 Å². The van der Waals surface area contributed by atoms with E-state index < -0.39 is 0 Å². The molecule has 2 nitrogen and oxygen atoms in total. The van der Waals surface area contributed by atoms with Crippen LogP contribution in [0.25, 0.3) is 0 Å². The maximum Gasteiger partial charge on any atom is 0.0470 e. The summed E-state index contributed by atoms with van der Waals surface area (Å²) >= 11 is 6.26. The van der Waals surface area contributed by atoms with Crippen LogP contribution in [-0.4, -0.2) is 24.5 Å². The summed E-state index contributed by atoms with van der Waals surface area (Å²) in [6, 6.07) is 6.68. The first-order valence-electron chi connectivity index (χ1n) is 7.85. The molecular formula is C17H27ClN2. The van der Waals surface area contributed by atoms with Gasteiger partial charge in [0.15, 0.2) is 0 Å². The number of hydrogen-bond acceptors (Lipinski definition) is 2. The third-order valence-corrected chi connectivity index (χ3v) is 5.00. The number of nitrogens with two attached hydrogens (primary N) is 1. The van der Waals surface area contributed by atoms with Crippen molar-refractivity contribution >= 4 is 11.6 Å². The maximum absolute atomic E-state index is 6.26. The smallest absolute Gasteiger partial charge is 0.0470 e. The molecule has 1 atom stereocenters. The first-order valence-corrected chi connectivity index (χ1v) is 8.23. The lowest BCUT2D eigenvalue weighted by Crippen LogP contribution is -2.39. The van der Waals surface area contributed by atoms with Crippen molar-refractivity contribution < 1.29 is 0 Å². The van der Waals surface area contributed by atoms with Crippen LogP contribution in [0.15, 0.2) is 18.2 Å². The van der Waals surface area contributed by atoms with Gasteiger partial charge in [-0.25, -0.2) is 0 Å². The molecule has 1 heterocycles. The number of hydrogen-bond donors (Lipinski definition) is 1. The van der Waals surface area contributed by atoms with Crippen molar-refractivity contribution in [3.63, 3.8) is 0 Å². The lowest BCUT2D eigenvalue weighted by molar-refractivity contribution is 0.132. The summed E-state index contributed by atoms with van der Waals surface area (Å²) < 4.78 is 0. The van der Waals surface area contributed by atoms with Crippen molar-refractivity contribution in [1.29, 1.82) is 0 Å². The van der Waals surface area contributed by atoms with E-state index in [1.54, 1.807) is 0 Å². The fraction of sp³-hybridized carbons (Fsp3) is 0.647. The van der Waals surface area contributed by atoms with Gasteiger partial charge < -0.3 is 5.73 Å². The van der Waals surface area contributed by atoms with E-state index in [1.165, 1.54) is 31.2 Å². The molecule has 1 aromatic carbocycles. The van der Waals surface area contributed by atoms with Crippen LogP contribution in [0.3, 0.4) is 0 Å². The Labute approximate surface area is 128 Å². The van der Waals surface area contributed by atoms with Crippen LogP contribution in [-0.2, 0) is 0 Å². The second kappa shape index (κ2) is 7.44. The van der Waals surface area contributed by atoms with Gasteiger partial charge in [0.05, 0.1) is 0 Å². The quantitative estimate of drug-likeness (QED) is 0.883. The Morgan fingerprint density at radius 1 is 1.35 bits per heavy atom. The Morgan fingerprint density at radius 2 is 2.05 bits per heavy atom. The minimum absolute atomic E-state index is 0.315. The van der Waals surface area contributed by atoms with Gasteiger partial charge in [-0.2, -0.15) is 0 Å². The van der Waals surface area contributed by atoms with Crippen LogP contribution in [0.2, 0.25) is 5.02 Å². The lowest BCUT2D eigenvalue weighted by Gasteiger charge is -2.37. The van der Waals surface area contributed by atoms with Crippen LogP contribution in [0.4, 0.5) is 0 Å². The van der Waals surface area contributed by atoms with Crippen molar-refractivity contribution in [2.24, 2.45) is 11.7 Å². The van der Waals surface area contributed by atoms with E-state index in [1.807, 2.05) is 6.92 Å². The summed E-state index contributed by atoms with van der Waals surface area (Å²) in [7, 11) is 0. The molecule has 1 aliphatic heterocycles. The average molecular weight is 295 g/mol. The number of nitrogens with zero attached hydrogens (tertiary/aromatic N) is 1. The molecule has 112 valence electrons. The molecule has 1 fully saturated rings. The second-order valence-corrected chi connectivity index (χ2v) is 6.44. The molecular weight excluding hydrogens is 268 g/mol. The van der Waals surface area contributed by atoms with Crippen molar-refractivity contribution in [2.45, 2.75) is 45.6 Å². The summed E-state index contributed by atoms with van der Waals surface area (Å²) in [5, 5.41) is 0.849. The summed E-state index contributed by atoms with van der Waals surface area (Å²) in [4.78, 5) is 2.53. The highest BCUT2D eigenvalue weighted by molar-refractivity contribution is 6.31. The zero-order valence-corrected chi connectivity index (χ0v) is 13.5. The second-order valence-electron chi connectivity index (χ2n) is 6.03. The number of rotatable bonds is 5. The molecule has 0 amide bonds. The van der Waals surface area contributed by atoms with Crippen molar-refractivity contribution in [3.05, 3.63) is 34.3 Å². The first kappa shape index (κ1) is 15.8. The van der Waals surface area contributed by atoms with Crippen molar-refractivity contribution in [1.82, 2.24) is 4.90 Å². The van der Waals surface area contributed by atoms with Gasteiger partial charge in [0.1, 0.15) is 0 Å². The standard InChI is InChI=1S/C17H27ClN2/c1-3-4-14-7-9-20(10-8-14)17(12-19)15-6-5-13(2)16(18)11-15/h5-6,11,14,17H,3-4,7-10,12,19H2,1-2H3. The number of piperidine rings is 1. The van der Waals surface area contributed by atoms with E-state index in [4.69, 9.17) is 17.3 Å². The Morgan fingerprint density at radius 3 is 2.60 bits per heavy atom. The normalized spacial score (nSPS) is 19.2. The van der Waals surface area contributed by atoms with E-state index in [2.05, 4.69) is 30.0 Å². The fourth-order valence-corrected chi connectivity index (χ4v) is 3.46. The van der Waals surface area contributed by atoms with E-state index in [-0.39, 0.29) is 0 Å². The zero-order valence-electron chi connectivity index (χ0n) is 12.7. The number of aryl methyl sites for hydroxylation is 1. The van der Waals surface area contributed by atoms with Crippen LogP contribution in [0.5, 0.6) is 0 Å². The van der Waals surface area contributed by atoms with Crippen molar-refractivity contribution in [2.75, 3.05) is 19.6 Å². The van der Waals surface area contributed by atoms with Gasteiger partial charge in [0.25, 0.3) is 0 Å². The van der Waals surface area contributed by atoms with E-state index in [0.717, 1.165) is 29.6 Å². The number of likely N-dealkylation sites (tertiary alicyclic amines) is 1. The first-order chi connectivity index (χ1) is 9.65. The molecule has 1 aromatic rings. The molecule has 2 N–H and O–H groups in total.